The largest absolute Gasteiger partial charge is 0.397 e. The van der Waals surface area contributed by atoms with E-state index in [2.05, 4.69) is 15.9 Å². The number of halogens is 4. The Hall–Kier alpha value is -0.350. The molecule has 66 valence electrons. The first kappa shape index (κ1) is 9.74. The minimum absolute atomic E-state index is 0.138. The summed E-state index contributed by atoms with van der Waals surface area (Å²) in [4.78, 5) is 0. The fourth-order valence-corrected chi connectivity index (χ4v) is 1.55. The van der Waals surface area contributed by atoms with Crippen molar-refractivity contribution in [2.45, 2.75) is 6.43 Å². The van der Waals surface area contributed by atoms with Gasteiger partial charge in [-0.2, -0.15) is 0 Å². The highest BCUT2D eigenvalue weighted by Gasteiger charge is 2.11. The Morgan fingerprint density at radius 3 is 2.42 bits per heavy atom. The van der Waals surface area contributed by atoms with Crippen LogP contribution in [0, 0.1) is 0 Å². The van der Waals surface area contributed by atoms with Gasteiger partial charge in [-0.15, -0.1) is 0 Å². The highest BCUT2D eigenvalue weighted by atomic mass is 79.9. The molecule has 0 aliphatic carbocycles. The van der Waals surface area contributed by atoms with Crippen molar-refractivity contribution in [3.8, 4) is 0 Å². The number of nitrogen functional groups attached to an aromatic ring is 1. The van der Waals surface area contributed by atoms with Crippen LogP contribution >= 0.6 is 27.5 Å². The molecule has 5 heteroatoms. The van der Waals surface area contributed by atoms with Gasteiger partial charge in [-0.1, -0.05) is 11.6 Å². The van der Waals surface area contributed by atoms with Crippen LogP contribution in [0.15, 0.2) is 16.6 Å². The maximum atomic E-state index is 12.1. The van der Waals surface area contributed by atoms with Crippen LogP contribution in [0.25, 0.3) is 0 Å². The molecule has 12 heavy (non-hydrogen) atoms. The average Bonchev–Trinajstić information content (AvgIpc) is 1.99. The molecule has 1 aromatic rings. The molecule has 0 bridgehead atoms. The van der Waals surface area contributed by atoms with Gasteiger partial charge in [0.2, 0.25) is 0 Å². The molecule has 0 heterocycles. The topological polar surface area (TPSA) is 26.0 Å². The molecule has 0 unspecified atom stereocenters. The third-order valence-corrected chi connectivity index (χ3v) is 2.32. The summed E-state index contributed by atoms with van der Waals surface area (Å²) in [6, 6.07) is 2.41. The summed E-state index contributed by atoms with van der Waals surface area (Å²) >= 11 is 8.60. The van der Waals surface area contributed by atoms with Crippen LogP contribution in [0.3, 0.4) is 0 Å². The highest BCUT2D eigenvalue weighted by molar-refractivity contribution is 9.10. The molecule has 1 rings (SSSR count). The molecule has 0 aliphatic rings. The van der Waals surface area contributed by atoms with Gasteiger partial charge in [0, 0.05) is 10.0 Å². The lowest BCUT2D eigenvalue weighted by molar-refractivity contribution is 0.151. The van der Waals surface area contributed by atoms with Crippen molar-refractivity contribution >= 4 is 33.2 Å². The van der Waals surface area contributed by atoms with Gasteiger partial charge in [0.05, 0.1) is 10.7 Å². The van der Waals surface area contributed by atoms with E-state index in [1.54, 1.807) is 0 Å². The third kappa shape index (κ3) is 1.87. The number of benzene rings is 1. The van der Waals surface area contributed by atoms with Gasteiger partial charge in [0.25, 0.3) is 6.43 Å². The van der Waals surface area contributed by atoms with E-state index in [4.69, 9.17) is 17.3 Å². The van der Waals surface area contributed by atoms with Crippen molar-refractivity contribution in [1.82, 2.24) is 0 Å². The van der Waals surface area contributed by atoms with E-state index in [9.17, 15) is 8.78 Å². The van der Waals surface area contributed by atoms with Crippen LogP contribution in [-0.2, 0) is 0 Å². The lowest BCUT2D eigenvalue weighted by Crippen LogP contribution is -1.91. The molecule has 0 fully saturated rings. The Balaban J connectivity index is 3.21. The molecule has 0 aliphatic heterocycles. The van der Waals surface area contributed by atoms with Crippen LogP contribution in [0.4, 0.5) is 14.5 Å². The predicted molar refractivity (Wildman–Crippen MR) is 48.5 cm³/mol. The van der Waals surface area contributed by atoms with Gasteiger partial charge in [-0.25, -0.2) is 8.78 Å². The van der Waals surface area contributed by atoms with Gasteiger partial charge < -0.3 is 5.73 Å². The van der Waals surface area contributed by atoms with Gasteiger partial charge in [-0.3, -0.25) is 0 Å². The van der Waals surface area contributed by atoms with Crippen molar-refractivity contribution in [3.63, 3.8) is 0 Å². The van der Waals surface area contributed by atoms with Gasteiger partial charge >= 0.3 is 0 Å². The second-order valence-corrected chi connectivity index (χ2v) is 3.46. The summed E-state index contributed by atoms with van der Waals surface area (Å²) in [5.74, 6) is 0. The zero-order valence-electron chi connectivity index (χ0n) is 5.82. The number of alkyl halides is 2. The first-order valence-corrected chi connectivity index (χ1v) is 4.22. The predicted octanol–water partition coefficient (Wildman–Crippen LogP) is 3.62. The third-order valence-electron chi connectivity index (χ3n) is 1.35. The van der Waals surface area contributed by atoms with Gasteiger partial charge in [-0.05, 0) is 28.1 Å². The van der Waals surface area contributed by atoms with E-state index in [-0.39, 0.29) is 16.3 Å². The van der Waals surface area contributed by atoms with Crippen LogP contribution in [0.1, 0.15) is 12.0 Å². The van der Waals surface area contributed by atoms with Gasteiger partial charge in [0.1, 0.15) is 0 Å². The summed E-state index contributed by atoms with van der Waals surface area (Å²) in [6.45, 7) is 0. The van der Waals surface area contributed by atoms with Crippen molar-refractivity contribution in [1.29, 1.82) is 0 Å². The Morgan fingerprint density at radius 2 is 2.00 bits per heavy atom. The summed E-state index contributed by atoms with van der Waals surface area (Å²) < 4.78 is 24.7. The minimum Gasteiger partial charge on any atom is -0.397 e. The number of rotatable bonds is 1. The SMILES string of the molecule is Nc1c(Cl)cc(C(F)F)cc1Br. The van der Waals surface area contributed by atoms with Crippen LogP contribution in [-0.4, -0.2) is 0 Å². The monoisotopic (exact) mass is 255 g/mol. The summed E-state index contributed by atoms with van der Waals surface area (Å²) in [5.41, 5.74) is 5.57. The maximum absolute atomic E-state index is 12.1. The molecule has 0 amide bonds. The lowest BCUT2D eigenvalue weighted by Gasteiger charge is -2.04. The summed E-state index contributed by atoms with van der Waals surface area (Å²) in [6.07, 6.45) is -2.53. The second-order valence-electron chi connectivity index (χ2n) is 2.20. The van der Waals surface area contributed by atoms with Crippen LogP contribution in [0.5, 0.6) is 0 Å². The molecule has 0 saturated heterocycles. The molecule has 0 aromatic heterocycles. The summed E-state index contributed by atoms with van der Waals surface area (Å²) in [5, 5.41) is 0.139. The number of hydrogen-bond acceptors (Lipinski definition) is 1. The van der Waals surface area contributed by atoms with E-state index in [0.717, 1.165) is 6.07 Å². The highest BCUT2D eigenvalue weighted by Crippen LogP contribution is 2.32. The van der Waals surface area contributed by atoms with E-state index in [1.807, 2.05) is 0 Å². The fourth-order valence-electron chi connectivity index (χ4n) is 0.730. The van der Waals surface area contributed by atoms with E-state index >= 15 is 0 Å². The number of anilines is 1. The molecule has 0 atom stereocenters. The molecular formula is C7H5BrClF2N. The zero-order valence-corrected chi connectivity index (χ0v) is 8.16. The molecule has 0 saturated carbocycles. The minimum atomic E-state index is -2.53. The molecule has 1 nitrogen and oxygen atoms in total. The Bertz CT molecular complexity index is 280. The van der Waals surface area contributed by atoms with E-state index < -0.39 is 6.43 Å². The standard InChI is InChI=1S/C7H5BrClF2N/c8-4-1-3(7(10)11)2-5(9)6(4)12/h1-2,7H,12H2. The van der Waals surface area contributed by atoms with Crippen molar-refractivity contribution < 1.29 is 8.78 Å². The van der Waals surface area contributed by atoms with Crippen molar-refractivity contribution in [3.05, 3.63) is 27.2 Å². The van der Waals surface area contributed by atoms with Gasteiger partial charge in [0.15, 0.2) is 0 Å². The normalized spacial score (nSPS) is 10.8. The quantitative estimate of drug-likeness (QED) is 0.763. The zero-order chi connectivity index (χ0) is 9.30. The first-order chi connectivity index (χ1) is 5.52. The van der Waals surface area contributed by atoms with Crippen LogP contribution < -0.4 is 5.73 Å². The Kier molecular flexibility index (Phi) is 2.90. The lowest BCUT2D eigenvalue weighted by atomic mass is 10.2. The fraction of sp³-hybridized carbons (Fsp3) is 0.143. The van der Waals surface area contributed by atoms with Crippen molar-refractivity contribution in [2.24, 2.45) is 0 Å². The average molecular weight is 256 g/mol. The second kappa shape index (κ2) is 3.58. The molecule has 2 N–H and O–H groups in total. The van der Waals surface area contributed by atoms with Crippen molar-refractivity contribution in [2.75, 3.05) is 5.73 Å². The van der Waals surface area contributed by atoms with E-state index in [0.29, 0.717) is 4.47 Å². The maximum Gasteiger partial charge on any atom is 0.263 e. The Labute approximate surface area is 81.6 Å². The molecule has 0 spiro atoms. The molecular weight excluding hydrogens is 251 g/mol. The van der Waals surface area contributed by atoms with Crippen LogP contribution in [0.2, 0.25) is 5.02 Å². The summed E-state index contributed by atoms with van der Waals surface area (Å²) in [7, 11) is 0. The number of nitrogens with two attached hydrogens (primary N) is 1. The molecule has 1 aromatic carbocycles. The van der Waals surface area contributed by atoms with E-state index in [1.165, 1.54) is 6.07 Å². The Morgan fingerprint density at radius 1 is 1.42 bits per heavy atom. The first-order valence-electron chi connectivity index (χ1n) is 3.05. The molecule has 0 radical (unpaired) electrons. The number of hydrogen-bond donors (Lipinski definition) is 1. The smallest absolute Gasteiger partial charge is 0.263 e.